The van der Waals surface area contributed by atoms with Gasteiger partial charge in [0, 0.05) is 31.5 Å². The van der Waals surface area contributed by atoms with Crippen molar-refractivity contribution in [3.63, 3.8) is 0 Å². The molecular weight excluding hydrogens is 321 g/mol. The summed E-state index contributed by atoms with van der Waals surface area (Å²) in [5.41, 5.74) is 4.88. The van der Waals surface area contributed by atoms with Crippen LogP contribution in [-0.2, 0) is 6.18 Å². The molecule has 0 unspecified atom stereocenters. The van der Waals surface area contributed by atoms with Crippen molar-refractivity contribution in [3.8, 4) is 0 Å². The zero-order chi connectivity index (χ0) is 17.2. The van der Waals surface area contributed by atoms with Gasteiger partial charge in [0.25, 0.3) is 0 Å². The standard InChI is InChI=1S/C15H17F3N6/c16-15(17,18)10-3-4-13(21-8-10)24-7-1-2-11(9-24)22-14-20-6-5-12(19)23-14/h3-6,8,11H,1-2,7,9H2,(H3,19,20,22,23)/t11-/m0/s1. The van der Waals surface area contributed by atoms with Gasteiger partial charge in [-0.2, -0.15) is 18.2 Å². The fourth-order valence-corrected chi connectivity index (χ4v) is 2.67. The Kier molecular flexibility index (Phi) is 4.41. The van der Waals surface area contributed by atoms with Gasteiger partial charge in [0.1, 0.15) is 11.6 Å². The fourth-order valence-electron chi connectivity index (χ4n) is 2.67. The molecule has 3 N–H and O–H groups in total. The lowest BCUT2D eigenvalue weighted by molar-refractivity contribution is -0.137. The van der Waals surface area contributed by atoms with Gasteiger partial charge in [0.2, 0.25) is 5.95 Å². The molecule has 0 amide bonds. The van der Waals surface area contributed by atoms with E-state index in [2.05, 4.69) is 20.3 Å². The summed E-state index contributed by atoms with van der Waals surface area (Å²) in [7, 11) is 0. The highest BCUT2D eigenvalue weighted by molar-refractivity contribution is 5.42. The van der Waals surface area contributed by atoms with Crippen molar-refractivity contribution in [1.82, 2.24) is 15.0 Å². The van der Waals surface area contributed by atoms with Crippen LogP contribution in [-0.4, -0.2) is 34.1 Å². The van der Waals surface area contributed by atoms with Crippen molar-refractivity contribution in [2.45, 2.75) is 25.1 Å². The number of piperidine rings is 1. The van der Waals surface area contributed by atoms with E-state index in [1.54, 1.807) is 12.3 Å². The quantitative estimate of drug-likeness (QED) is 0.895. The van der Waals surface area contributed by atoms with Gasteiger partial charge in [0.05, 0.1) is 5.56 Å². The summed E-state index contributed by atoms with van der Waals surface area (Å²) in [6.07, 6.45) is -0.129. The molecule has 128 valence electrons. The zero-order valence-corrected chi connectivity index (χ0v) is 12.8. The lowest BCUT2D eigenvalue weighted by atomic mass is 10.1. The molecule has 2 aromatic rings. The van der Waals surface area contributed by atoms with Crippen molar-refractivity contribution >= 4 is 17.6 Å². The van der Waals surface area contributed by atoms with E-state index in [4.69, 9.17) is 5.73 Å². The molecule has 3 rings (SSSR count). The molecule has 9 heteroatoms. The fraction of sp³-hybridized carbons (Fsp3) is 0.400. The second kappa shape index (κ2) is 6.50. The Labute approximate surface area is 136 Å². The topological polar surface area (TPSA) is 80.0 Å². The molecule has 0 radical (unpaired) electrons. The zero-order valence-electron chi connectivity index (χ0n) is 12.8. The van der Waals surface area contributed by atoms with Crippen LogP contribution in [0.4, 0.5) is 30.8 Å². The van der Waals surface area contributed by atoms with Crippen LogP contribution in [0.15, 0.2) is 30.6 Å². The van der Waals surface area contributed by atoms with E-state index >= 15 is 0 Å². The van der Waals surface area contributed by atoms with Gasteiger partial charge < -0.3 is 16.0 Å². The molecule has 0 saturated carbocycles. The van der Waals surface area contributed by atoms with E-state index < -0.39 is 11.7 Å². The normalized spacial score (nSPS) is 18.5. The number of alkyl halides is 3. The summed E-state index contributed by atoms with van der Waals surface area (Å²) in [5, 5.41) is 3.21. The van der Waals surface area contributed by atoms with Gasteiger partial charge in [-0.05, 0) is 31.0 Å². The van der Waals surface area contributed by atoms with E-state index in [0.29, 0.717) is 24.1 Å². The first kappa shape index (κ1) is 16.3. The molecule has 24 heavy (non-hydrogen) atoms. The SMILES string of the molecule is Nc1ccnc(N[C@H]2CCCN(c3ccc(C(F)(F)F)cn3)C2)n1. The minimum atomic E-state index is -4.37. The summed E-state index contributed by atoms with van der Waals surface area (Å²) >= 11 is 0. The molecule has 2 aromatic heterocycles. The Morgan fingerprint density at radius 2 is 2.04 bits per heavy atom. The van der Waals surface area contributed by atoms with Crippen molar-refractivity contribution in [3.05, 3.63) is 36.2 Å². The number of hydrogen-bond acceptors (Lipinski definition) is 6. The number of nitrogens with two attached hydrogens (primary N) is 1. The Morgan fingerprint density at radius 3 is 2.71 bits per heavy atom. The number of rotatable bonds is 3. The van der Waals surface area contributed by atoms with E-state index in [1.807, 2.05) is 4.90 Å². The van der Waals surface area contributed by atoms with Gasteiger partial charge in [-0.15, -0.1) is 0 Å². The van der Waals surface area contributed by atoms with Crippen LogP contribution in [0.25, 0.3) is 0 Å². The molecule has 1 aliphatic heterocycles. The maximum Gasteiger partial charge on any atom is 0.417 e. The van der Waals surface area contributed by atoms with E-state index in [-0.39, 0.29) is 6.04 Å². The van der Waals surface area contributed by atoms with Crippen LogP contribution in [0.5, 0.6) is 0 Å². The van der Waals surface area contributed by atoms with E-state index in [0.717, 1.165) is 31.6 Å². The molecule has 1 saturated heterocycles. The third-order valence-electron chi connectivity index (χ3n) is 3.83. The Bertz CT molecular complexity index is 688. The number of aromatic nitrogens is 3. The summed E-state index contributed by atoms with van der Waals surface area (Å²) in [6, 6.07) is 4.14. The van der Waals surface area contributed by atoms with Crippen molar-refractivity contribution in [2.24, 2.45) is 0 Å². The number of pyridine rings is 1. The monoisotopic (exact) mass is 338 g/mol. The van der Waals surface area contributed by atoms with Crippen molar-refractivity contribution < 1.29 is 13.2 Å². The highest BCUT2D eigenvalue weighted by Crippen LogP contribution is 2.29. The van der Waals surface area contributed by atoms with Gasteiger partial charge in [-0.3, -0.25) is 0 Å². The average molecular weight is 338 g/mol. The molecule has 0 spiro atoms. The summed E-state index contributed by atoms with van der Waals surface area (Å²) < 4.78 is 37.8. The summed E-state index contributed by atoms with van der Waals surface area (Å²) in [5.74, 6) is 1.36. The van der Waals surface area contributed by atoms with Gasteiger partial charge in [-0.25, -0.2) is 9.97 Å². The number of halogens is 3. The number of nitrogens with one attached hydrogen (secondary N) is 1. The minimum absolute atomic E-state index is 0.0737. The first-order chi connectivity index (χ1) is 11.4. The predicted molar refractivity (Wildman–Crippen MR) is 84.5 cm³/mol. The Balaban J connectivity index is 1.67. The maximum atomic E-state index is 12.6. The van der Waals surface area contributed by atoms with Gasteiger partial charge in [-0.1, -0.05) is 0 Å². The third kappa shape index (κ3) is 3.84. The van der Waals surface area contributed by atoms with Crippen LogP contribution in [0, 0.1) is 0 Å². The van der Waals surface area contributed by atoms with Crippen LogP contribution >= 0.6 is 0 Å². The van der Waals surface area contributed by atoms with Crippen molar-refractivity contribution in [2.75, 3.05) is 29.0 Å². The smallest absolute Gasteiger partial charge is 0.384 e. The number of anilines is 3. The second-order valence-electron chi connectivity index (χ2n) is 5.64. The molecule has 3 heterocycles. The molecule has 0 aromatic carbocycles. The van der Waals surface area contributed by atoms with Crippen molar-refractivity contribution in [1.29, 1.82) is 0 Å². The lowest BCUT2D eigenvalue weighted by Gasteiger charge is -2.34. The Hall–Kier alpha value is -2.58. The number of nitrogens with zero attached hydrogens (tertiary/aromatic N) is 4. The lowest BCUT2D eigenvalue weighted by Crippen LogP contribution is -2.42. The average Bonchev–Trinajstić information content (AvgIpc) is 2.54. The van der Waals surface area contributed by atoms with Gasteiger partial charge >= 0.3 is 6.18 Å². The first-order valence-electron chi connectivity index (χ1n) is 7.55. The molecule has 6 nitrogen and oxygen atoms in total. The highest BCUT2D eigenvalue weighted by atomic mass is 19.4. The number of hydrogen-bond donors (Lipinski definition) is 2. The molecule has 1 fully saturated rings. The molecule has 0 bridgehead atoms. The summed E-state index contributed by atoms with van der Waals surface area (Å²) in [6.45, 7) is 1.35. The third-order valence-corrected chi connectivity index (χ3v) is 3.83. The maximum absolute atomic E-state index is 12.6. The van der Waals surface area contributed by atoms with Crippen LogP contribution in [0.2, 0.25) is 0 Å². The highest BCUT2D eigenvalue weighted by Gasteiger charge is 2.31. The van der Waals surface area contributed by atoms with Crippen LogP contribution < -0.4 is 16.0 Å². The second-order valence-corrected chi connectivity index (χ2v) is 5.64. The summed E-state index contributed by atoms with van der Waals surface area (Å²) in [4.78, 5) is 14.1. The molecule has 1 aliphatic rings. The largest absolute Gasteiger partial charge is 0.417 e. The van der Waals surface area contributed by atoms with Crippen LogP contribution in [0.1, 0.15) is 18.4 Å². The molecule has 1 atom stereocenters. The van der Waals surface area contributed by atoms with E-state index in [1.165, 1.54) is 6.07 Å². The van der Waals surface area contributed by atoms with E-state index in [9.17, 15) is 13.2 Å². The Morgan fingerprint density at radius 1 is 1.21 bits per heavy atom. The van der Waals surface area contributed by atoms with Gasteiger partial charge in [0.15, 0.2) is 0 Å². The number of nitrogen functional groups attached to an aromatic ring is 1. The van der Waals surface area contributed by atoms with Crippen LogP contribution in [0.3, 0.4) is 0 Å². The first-order valence-corrected chi connectivity index (χ1v) is 7.55. The molecule has 0 aliphatic carbocycles. The minimum Gasteiger partial charge on any atom is -0.384 e. The molecular formula is C15H17F3N6. The predicted octanol–water partition coefficient (Wildman–Crippen LogP) is 2.55.